The summed E-state index contributed by atoms with van der Waals surface area (Å²) in [6.07, 6.45) is 6.32. The number of pyridine rings is 1. The van der Waals surface area contributed by atoms with Gasteiger partial charge in [0.15, 0.2) is 0 Å². The Morgan fingerprint density at radius 1 is 1.39 bits per heavy atom. The average molecular weight is 251 g/mol. The van der Waals surface area contributed by atoms with Crippen LogP contribution in [-0.2, 0) is 4.74 Å². The number of hydrogen-bond acceptors (Lipinski definition) is 4. The smallest absolute Gasteiger partial charge is 0.253 e. The number of amides is 1. The number of rotatable bonds is 8. The Labute approximate surface area is 108 Å². The molecule has 0 atom stereocenters. The molecule has 0 saturated heterocycles. The molecule has 0 aliphatic rings. The molecule has 1 aromatic heterocycles. The fraction of sp³-hybridized carbons (Fsp3) is 0.538. The summed E-state index contributed by atoms with van der Waals surface area (Å²) < 4.78 is 4.97. The van der Waals surface area contributed by atoms with Gasteiger partial charge in [0.2, 0.25) is 0 Å². The number of nitrogens with zero attached hydrogens (tertiary/aromatic N) is 1. The zero-order chi connectivity index (χ0) is 13.2. The maximum Gasteiger partial charge on any atom is 0.253 e. The molecule has 2 N–H and O–H groups in total. The van der Waals surface area contributed by atoms with Crippen molar-refractivity contribution in [2.75, 3.05) is 32.6 Å². The summed E-state index contributed by atoms with van der Waals surface area (Å²) in [5.74, 6) is -0.0616. The predicted octanol–water partition coefficient (Wildman–Crippen LogP) is 1.67. The molecule has 5 heteroatoms. The monoisotopic (exact) mass is 251 g/mol. The van der Waals surface area contributed by atoms with Crippen molar-refractivity contribution >= 4 is 11.6 Å². The predicted molar refractivity (Wildman–Crippen MR) is 71.8 cm³/mol. The zero-order valence-corrected chi connectivity index (χ0v) is 11.0. The van der Waals surface area contributed by atoms with E-state index >= 15 is 0 Å². The maximum atomic E-state index is 11.9. The lowest BCUT2D eigenvalue weighted by Crippen LogP contribution is -2.25. The van der Waals surface area contributed by atoms with Crippen molar-refractivity contribution in [2.45, 2.75) is 19.3 Å². The molecule has 1 amide bonds. The second-order valence-electron chi connectivity index (χ2n) is 3.98. The quantitative estimate of drug-likeness (QED) is 0.690. The third-order valence-corrected chi connectivity index (χ3v) is 2.65. The second-order valence-corrected chi connectivity index (χ2v) is 3.98. The molecule has 0 saturated carbocycles. The van der Waals surface area contributed by atoms with Gasteiger partial charge in [-0.2, -0.15) is 0 Å². The van der Waals surface area contributed by atoms with E-state index in [1.54, 1.807) is 32.6 Å². The van der Waals surface area contributed by atoms with E-state index in [4.69, 9.17) is 4.74 Å². The summed E-state index contributed by atoms with van der Waals surface area (Å²) in [6.45, 7) is 1.47. The summed E-state index contributed by atoms with van der Waals surface area (Å²) in [4.78, 5) is 15.9. The lowest BCUT2D eigenvalue weighted by atomic mass is 10.2. The summed E-state index contributed by atoms with van der Waals surface area (Å²) in [6, 6.07) is 1.71. The fourth-order valence-corrected chi connectivity index (χ4v) is 1.64. The lowest BCUT2D eigenvalue weighted by molar-refractivity contribution is 0.0953. The Hall–Kier alpha value is -1.62. The first-order chi connectivity index (χ1) is 8.79. The van der Waals surface area contributed by atoms with Crippen LogP contribution in [0.2, 0.25) is 0 Å². The molecule has 0 fully saturated rings. The lowest BCUT2D eigenvalue weighted by Gasteiger charge is -2.09. The number of methoxy groups -OCH3 is 1. The standard InChI is InChI=1S/C13H21N3O2/c1-14-12-10-15-8-6-11(12)13(17)16-7-4-3-5-9-18-2/h6,8,10,14H,3-5,7,9H2,1-2H3,(H,16,17). The van der Waals surface area contributed by atoms with Crippen molar-refractivity contribution in [1.82, 2.24) is 10.3 Å². The van der Waals surface area contributed by atoms with Crippen molar-refractivity contribution in [3.05, 3.63) is 24.0 Å². The first kappa shape index (κ1) is 14.4. The van der Waals surface area contributed by atoms with Crippen LogP contribution in [0.3, 0.4) is 0 Å². The molecular formula is C13H21N3O2. The second kappa shape index (κ2) is 8.47. The maximum absolute atomic E-state index is 11.9. The molecular weight excluding hydrogens is 230 g/mol. The Kier molecular flexibility index (Phi) is 6.79. The van der Waals surface area contributed by atoms with Gasteiger partial charge in [-0.3, -0.25) is 9.78 Å². The Balaban J connectivity index is 2.32. The molecule has 0 spiro atoms. The number of hydrogen-bond donors (Lipinski definition) is 2. The van der Waals surface area contributed by atoms with Gasteiger partial charge in [-0.1, -0.05) is 0 Å². The molecule has 1 heterocycles. The van der Waals surface area contributed by atoms with Gasteiger partial charge in [0.05, 0.1) is 17.4 Å². The van der Waals surface area contributed by atoms with Crippen molar-refractivity contribution in [3.63, 3.8) is 0 Å². The fourth-order valence-electron chi connectivity index (χ4n) is 1.64. The summed E-state index contributed by atoms with van der Waals surface area (Å²) in [7, 11) is 3.48. The Morgan fingerprint density at radius 3 is 2.94 bits per heavy atom. The molecule has 0 aromatic carbocycles. The highest BCUT2D eigenvalue weighted by Gasteiger charge is 2.09. The molecule has 18 heavy (non-hydrogen) atoms. The van der Waals surface area contributed by atoms with E-state index in [-0.39, 0.29) is 5.91 Å². The van der Waals surface area contributed by atoms with Crippen LogP contribution in [0.1, 0.15) is 29.6 Å². The first-order valence-corrected chi connectivity index (χ1v) is 6.18. The van der Waals surface area contributed by atoms with Crippen molar-refractivity contribution < 1.29 is 9.53 Å². The van der Waals surface area contributed by atoms with Crippen LogP contribution < -0.4 is 10.6 Å². The minimum Gasteiger partial charge on any atom is -0.386 e. The molecule has 5 nitrogen and oxygen atoms in total. The van der Waals surface area contributed by atoms with Crippen molar-refractivity contribution in [3.8, 4) is 0 Å². The van der Waals surface area contributed by atoms with Gasteiger partial charge in [0.25, 0.3) is 5.91 Å². The van der Waals surface area contributed by atoms with E-state index in [2.05, 4.69) is 15.6 Å². The largest absolute Gasteiger partial charge is 0.386 e. The van der Waals surface area contributed by atoms with Crippen LogP contribution in [0.4, 0.5) is 5.69 Å². The minimum absolute atomic E-state index is 0.0616. The van der Waals surface area contributed by atoms with Crippen molar-refractivity contribution in [2.24, 2.45) is 0 Å². The molecule has 0 unspecified atom stereocenters. The Morgan fingerprint density at radius 2 is 2.22 bits per heavy atom. The average Bonchev–Trinajstić information content (AvgIpc) is 2.42. The molecule has 1 aromatic rings. The van der Waals surface area contributed by atoms with Gasteiger partial charge in [-0.15, -0.1) is 0 Å². The number of anilines is 1. The molecule has 0 aliphatic heterocycles. The normalized spacial score (nSPS) is 10.1. The molecule has 1 rings (SSSR count). The third-order valence-electron chi connectivity index (χ3n) is 2.65. The van der Waals surface area contributed by atoms with Gasteiger partial charge in [0.1, 0.15) is 0 Å². The van der Waals surface area contributed by atoms with E-state index in [1.807, 2.05) is 0 Å². The van der Waals surface area contributed by atoms with E-state index in [0.29, 0.717) is 12.1 Å². The van der Waals surface area contributed by atoms with Crippen LogP contribution in [-0.4, -0.2) is 38.2 Å². The molecule has 100 valence electrons. The van der Waals surface area contributed by atoms with Crippen LogP contribution in [0.25, 0.3) is 0 Å². The van der Waals surface area contributed by atoms with Gasteiger partial charge >= 0.3 is 0 Å². The van der Waals surface area contributed by atoms with Crippen LogP contribution in [0, 0.1) is 0 Å². The number of carbonyl (C=O) groups excluding carboxylic acids is 1. The highest BCUT2D eigenvalue weighted by atomic mass is 16.5. The van der Waals surface area contributed by atoms with Crippen LogP contribution in [0.5, 0.6) is 0 Å². The van der Waals surface area contributed by atoms with Crippen LogP contribution >= 0.6 is 0 Å². The van der Waals surface area contributed by atoms with Gasteiger partial charge in [-0.25, -0.2) is 0 Å². The van der Waals surface area contributed by atoms with Gasteiger partial charge < -0.3 is 15.4 Å². The van der Waals surface area contributed by atoms with E-state index < -0.39 is 0 Å². The van der Waals surface area contributed by atoms with Crippen LogP contribution in [0.15, 0.2) is 18.5 Å². The number of nitrogens with one attached hydrogen (secondary N) is 2. The zero-order valence-electron chi connectivity index (χ0n) is 11.0. The topological polar surface area (TPSA) is 63.2 Å². The summed E-state index contributed by atoms with van der Waals surface area (Å²) in [5.41, 5.74) is 1.37. The first-order valence-electron chi connectivity index (χ1n) is 6.18. The Bertz CT molecular complexity index is 369. The van der Waals surface area contributed by atoms with Gasteiger partial charge in [-0.05, 0) is 25.3 Å². The molecule has 0 aliphatic carbocycles. The molecule has 0 radical (unpaired) electrons. The third kappa shape index (κ3) is 4.71. The highest BCUT2D eigenvalue weighted by molar-refractivity contribution is 5.99. The van der Waals surface area contributed by atoms with Gasteiger partial charge in [0, 0.05) is 33.5 Å². The van der Waals surface area contributed by atoms with E-state index in [9.17, 15) is 4.79 Å². The van der Waals surface area contributed by atoms with E-state index in [1.165, 1.54) is 0 Å². The number of aromatic nitrogens is 1. The van der Waals surface area contributed by atoms with Crippen molar-refractivity contribution in [1.29, 1.82) is 0 Å². The van der Waals surface area contributed by atoms with E-state index in [0.717, 1.165) is 31.6 Å². The highest BCUT2D eigenvalue weighted by Crippen LogP contribution is 2.11. The molecule has 0 bridgehead atoms. The minimum atomic E-state index is -0.0616. The summed E-state index contributed by atoms with van der Waals surface area (Å²) in [5, 5.41) is 5.86. The number of unbranched alkanes of at least 4 members (excludes halogenated alkanes) is 2. The SMILES string of the molecule is CNc1cnccc1C(=O)NCCCCCOC. The number of carbonyl (C=O) groups is 1. The summed E-state index contributed by atoms with van der Waals surface area (Å²) >= 11 is 0. The number of ether oxygens (including phenoxy) is 1.